The number of rotatable bonds is 3. The maximum Gasteiger partial charge on any atom is 0.152 e. The lowest BCUT2D eigenvalue weighted by atomic mass is 10.1. The minimum Gasteiger partial charge on any atom is -0.333 e. The van der Waals surface area contributed by atoms with Crippen LogP contribution in [-0.4, -0.2) is 10.4 Å². The van der Waals surface area contributed by atoms with Crippen molar-refractivity contribution in [2.75, 3.05) is 0 Å². The van der Waals surface area contributed by atoms with Gasteiger partial charge in [0.1, 0.15) is 0 Å². The van der Waals surface area contributed by atoms with E-state index < -0.39 is 0 Å². The largest absolute Gasteiger partial charge is 0.333 e. The van der Waals surface area contributed by atoms with Gasteiger partial charge < -0.3 is 4.57 Å². The van der Waals surface area contributed by atoms with Gasteiger partial charge in [-0.15, -0.1) is 0 Å². The Morgan fingerprint density at radius 1 is 1.05 bits per heavy atom. The van der Waals surface area contributed by atoms with E-state index in [2.05, 4.69) is 47.9 Å². The minimum absolute atomic E-state index is 0.267. The summed E-state index contributed by atoms with van der Waals surface area (Å²) in [6, 6.07) is 14.7. The predicted octanol–water partition coefficient (Wildman–Crippen LogP) is 4.08. The van der Waals surface area contributed by atoms with Crippen LogP contribution in [0.25, 0.3) is 21.8 Å². The number of Topliss-reactive ketones (excluding diaryl/α,β-unsaturated/α-hetero) is 1. The first-order chi connectivity index (χ1) is 9.20. The van der Waals surface area contributed by atoms with Crippen LogP contribution >= 0.6 is 0 Å². The van der Waals surface area contributed by atoms with Crippen molar-refractivity contribution in [3.8, 4) is 0 Å². The monoisotopic (exact) mass is 251 g/mol. The van der Waals surface area contributed by atoms with Gasteiger partial charge >= 0.3 is 0 Å². The molecule has 0 unspecified atom stereocenters. The highest BCUT2D eigenvalue weighted by Gasteiger charge is 2.11. The Balaban J connectivity index is 2.35. The van der Waals surface area contributed by atoms with Crippen LogP contribution in [0, 0.1) is 6.92 Å². The fourth-order valence-corrected chi connectivity index (χ4v) is 2.63. The number of aromatic nitrogens is 1. The molecule has 0 fully saturated rings. The zero-order valence-electron chi connectivity index (χ0n) is 11.3. The predicted molar refractivity (Wildman–Crippen MR) is 79.5 cm³/mol. The standard InChI is InChI=1S/C17H17NO/c1-3-13(19)11-18-16-7-5-4-6-14(16)15-10-12(2)8-9-17(15)18/h4-10H,3,11H2,1-2H3. The van der Waals surface area contributed by atoms with E-state index in [1.165, 1.54) is 16.3 Å². The lowest BCUT2D eigenvalue weighted by Gasteiger charge is -2.05. The SMILES string of the molecule is CCC(=O)Cn1c2ccccc2c2cc(C)ccc21. The maximum atomic E-state index is 11.8. The molecule has 1 aromatic heterocycles. The molecule has 0 amide bonds. The molecule has 2 nitrogen and oxygen atoms in total. The fraction of sp³-hybridized carbons (Fsp3) is 0.235. The average Bonchev–Trinajstić information content (AvgIpc) is 2.73. The molecule has 0 bridgehead atoms. The van der Waals surface area contributed by atoms with E-state index in [1.807, 2.05) is 13.0 Å². The molecule has 0 N–H and O–H groups in total. The van der Waals surface area contributed by atoms with E-state index in [4.69, 9.17) is 0 Å². The Labute approximate surface area is 112 Å². The number of fused-ring (bicyclic) bond motifs is 3. The molecule has 0 radical (unpaired) electrons. The van der Waals surface area contributed by atoms with Gasteiger partial charge in [0, 0.05) is 28.2 Å². The minimum atomic E-state index is 0.267. The average molecular weight is 251 g/mol. The number of hydrogen-bond donors (Lipinski definition) is 0. The molecule has 96 valence electrons. The van der Waals surface area contributed by atoms with E-state index in [0.717, 1.165) is 11.0 Å². The molecule has 0 saturated heterocycles. The molecule has 0 atom stereocenters. The van der Waals surface area contributed by atoms with Gasteiger partial charge in [-0.2, -0.15) is 0 Å². The second-order valence-corrected chi connectivity index (χ2v) is 5.02. The highest BCUT2D eigenvalue weighted by atomic mass is 16.1. The van der Waals surface area contributed by atoms with Crippen LogP contribution in [0.3, 0.4) is 0 Å². The Morgan fingerprint density at radius 3 is 2.58 bits per heavy atom. The summed E-state index contributed by atoms with van der Waals surface area (Å²) in [5, 5.41) is 2.46. The molecule has 0 saturated carbocycles. The Morgan fingerprint density at radius 2 is 1.79 bits per heavy atom. The molecule has 0 aliphatic heterocycles. The number of aryl methyl sites for hydroxylation is 1. The van der Waals surface area contributed by atoms with Crippen molar-refractivity contribution in [1.82, 2.24) is 4.57 Å². The van der Waals surface area contributed by atoms with E-state index in [-0.39, 0.29) is 5.78 Å². The second-order valence-electron chi connectivity index (χ2n) is 5.02. The van der Waals surface area contributed by atoms with Crippen molar-refractivity contribution >= 4 is 27.6 Å². The summed E-state index contributed by atoms with van der Waals surface area (Å²) in [6.07, 6.45) is 0.583. The van der Waals surface area contributed by atoms with Crippen LogP contribution < -0.4 is 0 Å². The Kier molecular flexibility index (Phi) is 2.86. The van der Waals surface area contributed by atoms with Gasteiger partial charge in [-0.1, -0.05) is 36.8 Å². The van der Waals surface area contributed by atoms with Crippen molar-refractivity contribution in [3.05, 3.63) is 48.0 Å². The summed E-state index contributed by atoms with van der Waals surface area (Å²) in [6.45, 7) is 4.48. The van der Waals surface area contributed by atoms with Gasteiger partial charge in [0.05, 0.1) is 6.54 Å². The molecule has 1 heterocycles. The molecular formula is C17H17NO. The van der Waals surface area contributed by atoms with Crippen molar-refractivity contribution in [3.63, 3.8) is 0 Å². The smallest absolute Gasteiger partial charge is 0.152 e. The highest BCUT2D eigenvalue weighted by Crippen LogP contribution is 2.29. The van der Waals surface area contributed by atoms with Crippen LogP contribution in [0.15, 0.2) is 42.5 Å². The third kappa shape index (κ3) is 1.93. The van der Waals surface area contributed by atoms with Gasteiger partial charge in [-0.3, -0.25) is 4.79 Å². The second kappa shape index (κ2) is 4.54. The first-order valence-corrected chi connectivity index (χ1v) is 6.70. The first kappa shape index (κ1) is 12.0. The summed E-state index contributed by atoms with van der Waals surface area (Å²) in [5.41, 5.74) is 3.54. The van der Waals surface area contributed by atoms with Gasteiger partial charge in [-0.25, -0.2) is 0 Å². The lowest BCUT2D eigenvalue weighted by Crippen LogP contribution is -2.08. The molecule has 2 aromatic carbocycles. The van der Waals surface area contributed by atoms with Crippen molar-refractivity contribution < 1.29 is 4.79 Å². The number of ketones is 1. The van der Waals surface area contributed by atoms with Gasteiger partial charge in [0.25, 0.3) is 0 Å². The van der Waals surface area contributed by atoms with Crippen molar-refractivity contribution in [1.29, 1.82) is 0 Å². The number of nitrogens with zero attached hydrogens (tertiary/aromatic N) is 1. The molecular weight excluding hydrogens is 234 g/mol. The topological polar surface area (TPSA) is 22.0 Å². The quantitative estimate of drug-likeness (QED) is 0.687. The summed E-state index contributed by atoms with van der Waals surface area (Å²) < 4.78 is 2.13. The number of benzene rings is 2. The zero-order chi connectivity index (χ0) is 13.4. The van der Waals surface area contributed by atoms with Crippen LogP contribution in [0.1, 0.15) is 18.9 Å². The molecule has 3 rings (SSSR count). The molecule has 0 aliphatic carbocycles. The lowest BCUT2D eigenvalue weighted by molar-refractivity contribution is -0.119. The number of para-hydroxylation sites is 1. The summed E-state index contributed by atoms with van der Waals surface area (Å²) >= 11 is 0. The maximum absolute atomic E-state index is 11.8. The number of carbonyl (C=O) groups excluding carboxylic acids is 1. The van der Waals surface area contributed by atoms with Gasteiger partial charge in [0.15, 0.2) is 5.78 Å². The Hall–Kier alpha value is -2.09. The summed E-state index contributed by atoms with van der Waals surface area (Å²) in [7, 11) is 0. The third-order valence-corrected chi connectivity index (χ3v) is 3.66. The number of hydrogen-bond acceptors (Lipinski definition) is 1. The number of carbonyl (C=O) groups is 1. The van der Waals surface area contributed by atoms with Crippen LogP contribution in [0.4, 0.5) is 0 Å². The molecule has 0 spiro atoms. The Bertz CT molecular complexity index is 767. The van der Waals surface area contributed by atoms with E-state index >= 15 is 0 Å². The van der Waals surface area contributed by atoms with Crippen LogP contribution in [-0.2, 0) is 11.3 Å². The van der Waals surface area contributed by atoms with Crippen molar-refractivity contribution in [2.24, 2.45) is 0 Å². The first-order valence-electron chi connectivity index (χ1n) is 6.70. The summed E-state index contributed by atoms with van der Waals surface area (Å²) in [4.78, 5) is 11.8. The van der Waals surface area contributed by atoms with E-state index in [1.54, 1.807) is 0 Å². The zero-order valence-corrected chi connectivity index (χ0v) is 11.3. The molecule has 19 heavy (non-hydrogen) atoms. The molecule has 2 heteroatoms. The van der Waals surface area contributed by atoms with Crippen molar-refractivity contribution in [2.45, 2.75) is 26.8 Å². The van der Waals surface area contributed by atoms with E-state index in [0.29, 0.717) is 13.0 Å². The van der Waals surface area contributed by atoms with Crippen LogP contribution in [0.2, 0.25) is 0 Å². The van der Waals surface area contributed by atoms with Crippen LogP contribution in [0.5, 0.6) is 0 Å². The summed E-state index contributed by atoms with van der Waals surface area (Å²) in [5.74, 6) is 0.267. The molecule has 0 aliphatic rings. The van der Waals surface area contributed by atoms with E-state index in [9.17, 15) is 4.79 Å². The van der Waals surface area contributed by atoms with Gasteiger partial charge in [0.2, 0.25) is 0 Å². The third-order valence-electron chi connectivity index (χ3n) is 3.66. The highest BCUT2D eigenvalue weighted by molar-refractivity contribution is 6.08. The normalized spacial score (nSPS) is 11.3. The van der Waals surface area contributed by atoms with Gasteiger partial charge in [-0.05, 0) is 25.1 Å². The molecule has 3 aromatic rings. The fourth-order valence-electron chi connectivity index (χ4n) is 2.63.